The predicted molar refractivity (Wildman–Crippen MR) is 67.5 cm³/mol. The molecule has 1 heterocycles. The van der Waals surface area contributed by atoms with E-state index in [0.29, 0.717) is 17.8 Å². The summed E-state index contributed by atoms with van der Waals surface area (Å²) < 4.78 is 5.67. The maximum Gasteiger partial charge on any atom is 0.122 e. The molecule has 0 bridgehead atoms. The number of ether oxygens (including phenoxy) is 1. The summed E-state index contributed by atoms with van der Waals surface area (Å²) in [5, 5.41) is 0. The zero-order valence-corrected chi connectivity index (χ0v) is 10.6. The second-order valence-corrected chi connectivity index (χ2v) is 4.80. The first-order valence-corrected chi connectivity index (χ1v) is 6.23. The number of alkyl halides is 1. The number of benzene rings is 1. The van der Waals surface area contributed by atoms with Crippen LogP contribution in [0.1, 0.15) is 18.4 Å². The molecule has 1 aromatic carbocycles. The van der Waals surface area contributed by atoms with Gasteiger partial charge in [-0.05, 0) is 20.0 Å². The van der Waals surface area contributed by atoms with Crippen LogP contribution in [0.25, 0.3) is 0 Å². The fraction of sp³-hybridized carbons (Fsp3) is 0.538. The molecular formula is C13H18ClNO. The summed E-state index contributed by atoms with van der Waals surface area (Å²) in [5.74, 6) is 2.19. The van der Waals surface area contributed by atoms with E-state index in [1.165, 1.54) is 5.56 Å². The summed E-state index contributed by atoms with van der Waals surface area (Å²) >= 11 is 5.86. The summed E-state index contributed by atoms with van der Waals surface area (Å²) in [7, 11) is 2.12. The van der Waals surface area contributed by atoms with Crippen molar-refractivity contribution in [1.29, 1.82) is 0 Å². The minimum Gasteiger partial charge on any atom is -0.493 e. The lowest BCUT2D eigenvalue weighted by Crippen LogP contribution is -2.34. The molecule has 0 saturated carbocycles. The van der Waals surface area contributed by atoms with Crippen molar-refractivity contribution in [1.82, 2.24) is 4.90 Å². The Balaban J connectivity index is 2.03. The van der Waals surface area contributed by atoms with Crippen molar-refractivity contribution in [2.45, 2.75) is 18.9 Å². The van der Waals surface area contributed by atoms with Gasteiger partial charge in [-0.25, -0.2) is 0 Å². The van der Waals surface area contributed by atoms with E-state index >= 15 is 0 Å². The summed E-state index contributed by atoms with van der Waals surface area (Å²) in [6.07, 6.45) is 0. The van der Waals surface area contributed by atoms with E-state index in [1.54, 1.807) is 0 Å². The highest BCUT2D eigenvalue weighted by Gasteiger charge is 2.25. The minimum atomic E-state index is 0.412. The minimum absolute atomic E-state index is 0.412. The van der Waals surface area contributed by atoms with Gasteiger partial charge in [-0.3, -0.25) is 0 Å². The maximum atomic E-state index is 5.86. The Kier molecular flexibility index (Phi) is 3.72. The number of rotatable bonds is 4. The van der Waals surface area contributed by atoms with Gasteiger partial charge < -0.3 is 9.64 Å². The number of halogens is 1. The Morgan fingerprint density at radius 2 is 2.25 bits per heavy atom. The fourth-order valence-electron chi connectivity index (χ4n) is 2.03. The van der Waals surface area contributed by atoms with Gasteiger partial charge in [0.25, 0.3) is 0 Å². The van der Waals surface area contributed by atoms with Gasteiger partial charge in [0.15, 0.2) is 0 Å². The summed E-state index contributed by atoms with van der Waals surface area (Å²) in [6, 6.07) is 8.71. The Morgan fingerprint density at radius 1 is 1.50 bits per heavy atom. The lowest BCUT2D eigenvalue weighted by molar-refractivity contribution is 0.234. The number of nitrogens with zero attached hydrogens (tertiary/aromatic N) is 1. The molecule has 0 saturated heterocycles. The van der Waals surface area contributed by atoms with Crippen molar-refractivity contribution in [2.75, 3.05) is 26.1 Å². The average Bonchev–Trinajstić information content (AvgIpc) is 2.72. The van der Waals surface area contributed by atoms with Crippen LogP contribution in [0.4, 0.5) is 0 Å². The molecule has 2 unspecified atom stereocenters. The number of para-hydroxylation sites is 1. The van der Waals surface area contributed by atoms with Gasteiger partial charge in [-0.1, -0.05) is 18.2 Å². The molecule has 2 nitrogen and oxygen atoms in total. The lowest BCUT2D eigenvalue weighted by atomic mass is 10.0. The Morgan fingerprint density at radius 3 is 3.00 bits per heavy atom. The molecule has 0 radical (unpaired) electrons. The third-order valence-corrected chi connectivity index (χ3v) is 3.73. The molecular weight excluding hydrogens is 222 g/mol. The number of hydrogen-bond donors (Lipinski definition) is 0. The molecule has 0 aromatic heterocycles. The van der Waals surface area contributed by atoms with E-state index in [0.717, 1.165) is 18.9 Å². The second-order valence-electron chi connectivity index (χ2n) is 4.49. The second kappa shape index (κ2) is 5.07. The average molecular weight is 240 g/mol. The fourth-order valence-corrected chi connectivity index (χ4v) is 2.26. The van der Waals surface area contributed by atoms with Gasteiger partial charge in [0, 0.05) is 29.9 Å². The van der Waals surface area contributed by atoms with Crippen LogP contribution in [0, 0.1) is 0 Å². The van der Waals surface area contributed by atoms with Crippen molar-refractivity contribution in [2.24, 2.45) is 0 Å². The van der Waals surface area contributed by atoms with E-state index < -0.39 is 0 Å². The van der Waals surface area contributed by atoms with Crippen LogP contribution in [0.2, 0.25) is 0 Å². The molecule has 0 N–H and O–H groups in total. The summed E-state index contributed by atoms with van der Waals surface area (Å²) in [4.78, 5) is 2.29. The van der Waals surface area contributed by atoms with Crippen LogP contribution in [-0.4, -0.2) is 37.0 Å². The molecule has 2 rings (SSSR count). The summed E-state index contributed by atoms with van der Waals surface area (Å²) in [6.45, 7) is 3.94. The molecule has 16 heavy (non-hydrogen) atoms. The Bertz CT molecular complexity index is 356. The molecule has 0 aliphatic carbocycles. The topological polar surface area (TPSA) is 12.5 Å². The zero-order chi connectivity index (χ0) is 11.5. The highest BCUT2D eigenvalue weighted by Crippen LogP contribution is 2.33. The van der Waals surface area contributed by atoms with Crippen LogP contribution in [-0.2, 0) is 0 Å². The molecule has 1 aliphatic rings. The molecule has 0 spiro atoms. The quantitative estimate of drug-likeness (QED) is 0.750. The van der Waals surface area contributed by atoms with Crippen LogP contribution >= 0.6 is 11.6 Å². The molecule has 2 atom stereocenters. The molecule has 1 aromatic rings. The number of hydrogen-bond acceptors (Lipinski definition) is 2. The summed E-state index contributed by atoms with van der Waals surface area (Å²) in [5.41, 5.74) is 1.33. The maximum absolute atomic E-state index is 5.86. The highest BCUT2D eigenvalue weighted by atomic mass is 35.5. The third-order valence-electron chi connectivity index (χ3n) is 3.28. The van der Waals surface area contributed by atoms with Crippen molar-refractivity contribution in [3.05, 3.63) is 29.8 Å². The van der Waals surface area contributed by atoms with Gasteiger partial charge in [0.05, 0.1) is 6.61 Å². The van der Waals surface area contributed by atoms with Gasteiger partial charge in [0.2, 0.25) is 0 Å². The predicted octanol–water partition coefficient (Wildman–Crippen LogP) is 2.72. The SMILES string of the molecule is CC(CCl)N(C)CC1COc2ccccc21. The lowest BCUT2D eigenvalue weighted by Gasteiger charge is -2.25. The van der Waals surface area contributed by atoms with E-state index in [4.69, 9.17) is 16.3 Å². The largest absolute Gasteiger partial charge is 0.493 e. The normalized spacial score (nSPS) is 20.6. The third kappa shape index (κ3) is 2.33. The monoisotopic (exact) mass is 239 g/mol. The van der Waals surface area contributed by atoms with Crippen LogP contribution in [0.3, 0.4) is 0 Å². The molecule has 0 amide bonds. The van der Waals surface area contributed by atoms with E-state index in [9.17, 15) is 0 Å². The first-order chi connectivity index (χ1) is 7.72. The number of likely N-dealkylation sites (N-methyl/N-ethyl adjacent to an activating group) is 1. The Labute approximate surface area is 102 Å². The van der Waals surface area contributed by atoms with E-state index in [2.05, 4.69) is 31.0 Å². The molecule has 1 aliphatic heterocycles. The zero-order valence-electron chi connectivity index (χ0n) is 9.82. The highest BCUT2D eigenvalue weighted by molar-refractivity contribution is 6.18. The van der Waals surface area contributed by atoms with E-state index in [1.807, 2.05) is 12.1 Å². The standard InChI is InChI=1S/C13H18ClNO/c1-10(7-14)15(2)8-11-9-16-13-6-4-3-5-12(11)13/h3-6,10-11H,7-9H2,1-2H3. The van der Waals surface area contributed by atoms with Crippen molar-refractivity contribution in [3.63, 3.8) is 0 Å². The van der Waals surface area contributed by atoms with Crippen molar-refractivity contribution in [3.8, 4) is 5.75 Å². The number of fused-ring (bicyclic) bond motifs is 1. The first-order valence-electron chi connectivity index (χ1n) is 5.70. The van der Waals surface area contributed by atoms with Crippen molar-refractivity contribution < 1.29 is 4.74 Å². The van der Waals surface area contributed by atoms with Crippen LogP contribution in [0.15, 0.2) is 24.3 Å². The van der Waals surface area contributed by atoms with Crippen LogP contribution in [0.5, 0.6) is 5.75 Å². The van der Waals surface area contributed by atoms with Gasteiger partial charge in [0.1, 0.15) is 5.75 Å². The molecule has 3 heteroatoms. The Hall–Kier alpha value is -0.730. The van der Waals surface area contributed by atoms with Crippen molar-refractivity contribution >= 4 is 11.6 Å². The smallest absolute Gasteiger partial charge is 0.122 e. The van der Waals surface area contributed by atoms with Gasteiger partial charge in [-0.2, -0.15) is 0 Å². The van der Waals surface area contributed by atoms with Gasteiger partial charge in [-0.15, -0.1) is 11.6 Å². The van der Waals surface area contributed by atoms with Gasteiger partial charge >= 0.3 is 0 Å². The van der Waals surface area contributed by atoms with Crippen LogP contribution < -0.4 is 4.74 Å². The first kappa shape index (κ1) is 11.7. The van der Waals surface area contributed by atoms with E-state index in [-0.39, 0.29) is 0 Å². The molecule has 0 fully saturated rings. The molecule has 88 valence electrons.